The number of para-hydroxylation sites is 1. The molecule has 1 aliphatic rings. The second-order valence-electron chi connectivity index (χ2n) is 5.28. The van der Waals surface area contributed by atoms with Crippen LogP contribution in [0.15, 0.2) is 59.3 Å². The summed E-state index contributed by atoms with van der Waals surface area (Å²) in [7, 11) is 0. The zero-order chi connectivity index (χ0) is 14.1. The molecule has 0 atom stereocenters. The molecule has 21 heavy (non-hydrogen) atoms. The van der Waals surface area contributed by atoms with E-state index in [0.717, 1.165) is 43.0 Å². The van der Waals surface area contributed by atoms with Crippen LogP contribution in [0.2, 0.25) is 0 Å². The van der Waals surface area contributed by atoms with Gasteiger partial charge in [-0.15, -0.1) is 0 Å². The fraction of sp³-hybridized carbons (Fsp3) is 0.235. The topological polar surface area (TPSA) is 32.5 Å². The zero-order valence-electron chi connectivity index (χ0n) is 11.8. The molecule has 3 aromatic rings. The molecule has 4 nitrogen and oxygen atoms in total. The van der Waals surface area contributed by atoms with Crippen molar-refractivity contribution >= 4 is 22.5 Å². The fourth-order valence-electron chi connectivity index (χ4n) is 2.95. The van der Waals surface area contributed by atoms with E-state index in [4.69, 9.17) is 4.42 Å². The predicted octanol–water partition coefficient (Wildman–Crippen LogP) is 3.15. The Morgan fingerprint density at radius 3 is 2.43 bits per heavy atom. The Morgan fingerprint density at radius 1 is 0.857 bits per heavy atom. The Kier molecular flexibility index (Phi) is 2.99. The third kappa shape index (κ3) is 2.23. The van der Waals surface area contributed by atoms with Gasteiger partial charge < -0.3 is 14.2 Å². The van der Waals surface area contributed by atoms with Gasteiger partial charge in [0.15, 0.2) is 0 Å². The van der Waals surface area contributed by atoms with E-state index in [1.165, 1.54) is 5.69 Å². The highest BCUT2D eigenvalue weighted by atomic mass is 16.3. The Hall–Kier alpha value is -2.49. The van der Waals surface area contributed by atoms with E-state index < -0.39 is 0 Å². The minimum absolute atomic E-state index is 0.908. The van der Waals surface area contributed by atoms with Crippen molar-refractivity contribution in [2.45, 2.75) is 0 Å². The molecule has 0 amide bonds. The van der Waals surface area contributed by atoms with Crippen molar-refractivity contribution in [3.8, 4) is 0 Å². The maximum atomic E-state index is 5.46. The monoisotopic (exact) mass is 279 g/mol. The molecule has 1 aromatic carbocycles. The van der Waals surface area contributed by atoms with Crippen LogP contribution >= 0.6 is 0 Å². The lowest BCUT2D eigenvalue weighted by Gasteiger charge is -2.36. The summed E-state index contributed by atoms with van der Waals surface area (Å²) in [6.45, 7) is 3.98. The lowest BCUT2D eigenvalue weighted by atomic mass is 10.2. The molecule has 0 N–H and O–H groups in total. The van der Waals surface area contributed by atoms with E-state index in [-0.39, 0.29) is 0 Å². The molecule has 0 saturated carbocycles. The molecule has 0 spiro atoms. The molecule has 4 heteroatoms. The summed E-state index contributed by atoms with van der Waals surface area (Å²) in [5.41, 5.74) is 2.21. The van der Waals surface area contributed by atoms with Gasteiger partial charge in [-0.3, -0.25) is 0 Å². The van der Waals surface area contributed by atoms with Crippen LogP contribution in [0.5, 0.6) is 0 Å². The first-order chi connectivity index (χ1) is 10.4. The highest BCUT2D eigenvalue weighted by Gasteiger charge is 2.20. The minimum atomic E-state index is 0.908. The van der Waals surface area contributed by atoms with Crippen LogP contribution < -0.4 is 9.80 Å². The first kappa shape index (κ1) is 12.3. The summed E-state index contributed by atoms with van der Waals surface area (Å²) in [6, 6.07) is 14.5. The third-order valence-electron chi connectivity index (χ3n) is 4.06. The summed E-state index contributed by atoms with van der Waals surface area (Å²) >= 11 is 0. The number of nitrogens with zero attached hydrogens (tertiary/aromatic N) is 3. The van der Waals surface area contributed by atoms with Gasteiger partial charge in [-0.1, -0.05) is 18.2 Å². The lowest BCUT2D eigenvalue weighted by molar-refractivity contribution is 0.614. The van der Waals surface area contributed by atoms with Crippen molar-refractivity contribution in [1.29, 1.82) is 0 Å². The van der Waals surface area contributed by atoms with Crippen molar-refractivity contribution in [3.05, 3.63) is 54.9 Å². The van der Waals surface area contributed by atoms with Crippen LogP contribution in [0.4, 0.5) is 11.5 Å². The number of fused-ring (bicyclic) bond motifs is 1. The van der Waals surface area contributed by atoms with Crippen molar-refractivity contribution in [3.63, 3.8) is 0 Å². The number of pyridine rings is 1. The van der Waals surface area contributed by atoms with Gasteiger partial charge in [-0.25, -0.2) is 4.98 Å². The molecule has 3 heterocycles. The normalized spacial score (nSPS) is 15.6. The van der Waals surface area contributed by atoms with E-state index in [2.05, 4.69) is 45.1 Å². The van der Waals surface area contributed by atoms with E-state index >= 15 is 0 Å². The fourth-order valence-corrected chi connectivity index (χ4v) is 2.95. The summed E-state index contributed by atoms with van der Waals surface area (Å²) < 4.78 is 5.46. The van der Waals surface area contributed by atoms with Gasteiger partial charge in [0.25, 0.3) is 0 Å². The molecular formula is C17H17N3O. The highest BCUT2D eigenvalue weighted by molar-refractivity contribution is 5.88. The average Bonchev–Trinajstić information content (AvgIpc) is 3.04. The lowest BCUT2D eigenvalue weighted by Crippen LogP contribution is -2.46. The molecular weight excluding hydrogens is 262 g/mol. The van der Waals surface area contributed by atoms with Crippen molar-refractivity contribution in [2.75, 3.05) is 36.0 Å². The molecule has 2 aromatic heterocycles. The predicted molar refractivity (Wildman–Crippen MR) is 84.9 cm³/mol. The molecule has 0 unspecified atom stereocenters. The molecule has 106 valence electrons. The summed E-state index contributed by atoms with van der Waals surface area (Å²) in [5.74, 6) is 1.04. The Balaban J connectivity index is 1.54. The number of piperazine rings is 1. The number of aromatic nitrogens is 1. The van der Waals surface area contributed by atoms with Crippen LogP contribution in [-0.4, -0.2) is 31.2 Å². The Morgan fingerprint density at radius 2 is 1.62 bits per heavy atom. The highest BCUT2D eigenvalue weighted by Crippen LogP contribution is 2.26. The van der Waals surface area contributed by atoms with Crippen LogP contribution in [0, 0.1) is 0 Å². The van der Waals surface area contributed by atoms with Gasteiger partial charge in [0.2, 0.25) is 0 Å². The van der Waals surface area contributed by atoms with Crippen LogP contribution in [0.3, 0.4) is 0 Å². The molecule has 1 saturated heterocycles. The van der Waals surface area contributed by atoms with Gasteiger partial charge in [0.1, 0.15) is 11.4 Å². The van der Waals surface area contributed by atoms with E-state index in [9.17, 15) is 0 Å². The first-order valence-electron chi connectivity index (χ1n) is 7.29. The maximum Gasteiger partial charge on any atom is 0.139 e. The summed E-state index contributed by atoms with van der Waals surface area (Å²) in [5, 5.41) is 1.10. The number of hydrogen-bond donors (Lipinski definition) is 0. The van der Waals surface area contributed by atoms with Crippen LogP contribution in [0.25, 0.3) is 11.0 Å². The maximum absolute atomic E-state index is 5.46. The van der Waals surface area contributed by atoms with Gasteiger partial charge in [0.05, 0.1) is 11.6 Å². The zero-order valence-corrected chi connectivity index (χ0v) is 11.8. The second kappa shape index (κ2) is 5.13. The number of anilines is 2. The van der Waals surface area contributed by atoms with Crippen molar-refractivity contribution in [2.24, 2.45) is 0 Å². The van der Waals surface area contributed by atoms with Gasteiger partial charge >= 0.3 is 0 Å². The first-order valence-corrected chi connectivity index (χ1v) is 7.29. The van der Waals surface area contributed by atoms with Gasteiger partial charge in [-0.05, 0) is 24.3 Å². The number of benzene rings is 1. The minimum Gasteiger partial charge on any atom is -0.464 e. The molecule has 0 aliphatic carbocycles. The van der Waals surface area contributed by atoms with E-state index in [1.54, 1.807) is 6.26 Å². The SMILES string of the molecule is c1ccc(N2CCN(c3nccc4occc34)CC2)cc1. The average molecular weight is 279 g/mol. The molecule has 1 aliphatic heterocycles. The Bertz CT molecular complexity index is 730. The van der Waals surface area contributed by atoms with Gasteiger partial charge in [-0.2, -0.15) is 0 Å². The second-order valence-corrected chi connectivity index (χ2v) is 5.28. The van der Waals surface area contributed by atoms with Crippen LogP contribution in [-0.2, 0) is 0 Å². The molecule has 0 radical (unpaired) electrons. The number of furan rings is 1. The Labute approximate surface area is 123 Å². The molecule has 1 fully saturated rings. The molecule has 4 rings (SSSR count). The van der Waals surface area contributed by atoms with Crippen molar-refractivity contribution in [1.82, 2.24) is 4.98 Å². The smallest absolute Gasteiger partial charge is 0.139 e. The molecule has 0 bridgehead atoms. The largest absolute Gasteiger partial charge is 0.464 e. The number of hydrogen-bond acceptors (Lipinski definition) is 4. The summed E-state index contributed by atoms with van der Waals surface area (Å²) in [6.07, 6.45) is 3.56. The number of rotatable bonds is 2. The van der Waals surface area contributed by atoms with E-state index in [1.807, 2.05) is 18.3 Å². The van der Waals surface area contributed by atoms with Crippen LogP contribution in [0.1, 0.15) is 0 Å². The third-order valence-corrected chi connectivity index (χ3v) is 4.06. The van der Waals surface area contributed by atoms with Gasteiger partial charge in [0, 0.05) is 38.1 Å². The standard InChI is InChI=1S/C17H17N3O/c1-2-4-14(5-3-1)19-9-11-20(12-10-19)17-15-7-13-21-16(15)6-8-18-17/h1-8,13H,9-12H2. The van der Waals surface area contributed by atoms with E-state index in [0.29, 0.717) is 0 Å². The summed E-state index contributed by atoms with van der Waals surface area (Å²) in [4.78, 5) is 9.32. The van der Waals surface area contributed by atoms with Crippen molar-refractivity contribution < 1.29 is 4.42 Å². The quantitative estimate of drug-likeness (QED) is 0.721.